The maximum atomic E-state index is 12.4. The molecule has 0 spiro atoms. The van der Waals surface area contributed by atoms with Crippen molar-refractivity contribution in [2.45, 2.75) is 13.3 Å². The number of hydrogen-bond acceptors (Lipinski definition) is 7. The second-order valence-corrected chi connectivity index (χ2v) is 7.62. The lowest BCUT2D eigenvalue weighted by atomic mass is 10.3. The second-order valence-electron chi connectivity index (χ2n) is 4.97. The first-order valence-corrected chi connectivity index (χ1v) is 9.15. The molecule has 1 fully saturated rings. The Morgan fingerprint density at radius 2 is 2.38 bits per heavy atom. The van der Waals surface area contributed by atoms with Gasteiger partial charge >= 0.3 is 0 Å². The number of carbonyl (C=O) groups is 2. The number of amides is 2. The maximum absolute atomic E-state index is 12.4. The summed E-state index contributed by atoms with van der Waals surface area (Å²) in [6.07, 6.45) is 1.95. The number of carbonyl (C=O) groups excluding carboxylic acids is 2. The molecular weight excluding hydrogens is 366 g/mol. The molecule has 9 heteroatoms. The van der Waals surface area contributed by atoms with Crippen LogP contribution in [0.5, 0.6) is 0 Å². The van der Waals surface area contributed by atoms with E-state index in [0.29, 0.717) is 20.8 Å². The highest BCUT2D eigenvalue weighted by molar-refractivity contribution is 8.26. The molecule has 0 aromatic carbocycles. The summed E-state index contributed by atoms with van der Waals surface area (Å²) in [5, 5.41) is 8.26. The number of anilines is 1. The van der Waals surface area contributed by atoms with E-state index in [1.807, 2.05) is 23.6 Å². The lowest BCUT2D eigenvalue weighted by molar-refractivity contribution is -0.122. The van der Waals surface area contributed by atoms with E-state index in [0.717, 1.165) is 4.88 Å². The fraction of sp³-hybridized carbons (Fsp3) is 0.200. The number of rotatable bonds is 5. The van der Waals surface area contributed by atoms with Crippen LogP contribution in [0.25, 0.3) is 6.08 Å². The summed E-state index contributed by atoms with van der Waals surface area (Å²) in [6.45, 7) is 1.97. The maximum Gasteiger partial charge on any atom is 0.266 e. The molecule has 2 amide bonds. The third-order valence-electron chi connectivity index (χ3n) is 3.15. The third-order valence-corrected chi connectivity index (χ3v) is 5.35. The zero-order chi connectivity index (χ0) is 17.1. The average molecular weight is 379 g/mol. The summed E-state index contributed by atoms with van der Waals surface area (Å²) in [6, 6.07) is 5.49. The van der Waals surface area contributed by atoms with Gasteiger partial charge in [0.15, 0.2) is 5.82 Å². The van der Waals surface area contributed by atoms with Crippen molar-refractivity contribution >= 4 is 63.3 Å². The van der Waals surface area contributed by atoms with Gasteiger partial charge in [0.2, 0.25) is 5.91 Å². The van der Waals surface area contributed by atoms with E-state index in [2.05, 4.69) is 10.5 Å². The lowest BCUT2D eigenvalue weighted by Crippen LogP contribution is -2.31. The van der Waals surface area contributed by atoms with Gasteiger partial charge < -0.3 is 9.84 Å². The molecule has 0 atom stereocenters. The molecule has 3 rings (SSSR count). The standard InChI is InChI=1S/C15H13N3O3S3/c1-9-7-12(17-21-9)16-13(19)4-5-18-14(20)11(24-15(18)22)8-10-3-2-6-23-10/h2-3,6-8H,4-5H2,1H3,(H,16,17,19). The fourth-order valence-corrected chi connectivity index (χ4v) is 4.07. The zero-order valence-corrected chi connectivity index (χ0v) is 15.1. The number of thiocarbonyl (C=S) groups is 1. The summed E-state index contributed by atoms with van der Waals surface area (Å²) < 4.78 is 5.35. The summed E-state index contributed by atoms with van der Waals surface area (Å²) in [5.74, 6) is 0.560. The van der Waals surface area contributed by atoms with Crippen LogP contribution in [-0.4, -0.2) is 32.7 Å². The van der Waals surface area contributed by atoms with Gasteiger partial charge in [-0.05, 0) is 24.4 Å². The quantitative estimate of drug-likeness (QED) is 0.635. The highest BCUT2D eigenvalue weighted by atomic mass is 32.2. The topological polar surface area (TPSA) is 75.4 Å². The van der Waals surface area contributed by atoms with Gasteiger partial charge in [0.25, 0.3) is 5.91 Å². The predicted octanol–water partition coefficient (Wildman–Crippen LogP) is 3.27. The molecule has 24 heavy (non-hydrogen) atoms. The largest absolute Gasteiger partial charge is 0.360 e. The number of thioether (sulfide) groups is 1. The van der Waals surface area contributed by atoms with Crippen molar-refractivity contribution < 1.29 is 14.1 Å². The molecule has 0 radical (unpaired) electrons. The van der Waals surface area contributed by atoms with Crippen LogP contribution in [0.1, 0.15) is 17.1 Å². The smallest absolute Gasteiger partial charge is 0.266 e. The van der Waals surface area contributed by atoms with Crippen LogP contribution >= 0.6 is 35.3 Å². The van der Waals surface area contributed by atoms with Crippen LogP contribution in [-0.2, 0) is 9.59 Å². The fourth-order valence-electron chi connectivity index (χ4n) is 2.04. The summed E-state index contributed by atoms with van der Waals surface area (Å²) in [4.78, 5) is 27.4. The first-order chi connectivity index (χ1) is 11.5. The van der Waals surface area contributed by atoms with Gasteiger partial charge in [-0.1, -0.05) is 35.2 Å². The van der Waals surface area contributed by atoms with Gasteiger partial charge in [-0.3, -0.25) is 14.5 Å². The highest BCUT2D eigenvalue weighted by Gasteiger charge is 2.32. The third kappa shape index (κ3) is 3.92. The molecule has 2 aromatic heterocycles. The van der Waals surface area contributed by atoms with Crippen molar-refractivity contribution in [3.63, 3.8) is 0 Å². The zero-order valence-electron chi connectivity index (χ0n) is 12.6. The van der Waals surface area contributed by atoms with Crippen LogP contribution in [0.2, 0.25) is 0 Å². The van der Waals surface area contributed by atoms with Crippen molar-refractivity contribution in [2.24, 2.45) is 0 Å². The van der Waals surface area contributed by atoms with Crippen LogP contribution in [0.4, 0.5) is 5.82 Å². The van der Waals surface area contributed by atoms with Crippen LogP contribution in [0.15, 0.2) is 33.0 Å². The first kappa shape index (κ1) is 16.9. The van der Waals surface area contributed by atoms with Crippen LogP contribution in [0, 0.1) is 6.92 Å². The number of hydrogen-bond donors (Lipinski definition) is 1. The van der Waals surface area contributed by atoms with Crippen molar-refractivity contribution in [1.82, 2.24) is 10.1 Å². The molecular formula is C15H13N3O3S3. The van der Waals surface area contributed by atoms with Crippen molar-refractivity contribution in [3.8, 4) is 0 Å². The Morgan fingerprint density at radius 1 is 1.54 bits per heavy atom. The molecule has 1 N–H and O–H groups in total. The highest BCUT2D eigenvalue weighted by Crippen LogP contribution is 2.33. The van der Waals surface area contributed by atoms with Gasteiger partial charge in [-0.2, -0.15) is 0 Å². The number of nitrogens with one attached hydrogen (secondary N) is 1. The van der Waals surface area contributed by atoms with E-state index in [1.54, 1.807) is 24.3 Å². The Morgan fingerprint density at radius 3 is 3.04 bits per heavy atom. The van der Waals surface area contributed by atoms with Crippen molar-refractivity contribution in [1.29, 1.82) is 0 Å². The van der Waals surface area contributed by atoms with Crippen molar-refractivity contribution in [2.75, 3.05) is 11.9 Å². The molecule has 1 aliphatic heterocycles. The summed E-state index contributed by atoms with van der Waals surface area (Å²) in [7, 11) is 0. The Hall–Kier alpha value is -1.97. The van der Waals surface area contributed by atoms with Gasteiger partial charge in [-0.25, -0.2) is 0 Å². The van der Waals surface area contributed by atoms with E-state index in [4.69, 9.17) is 16.7 Å². The molecule has 3 heterocycles. The van der Waals surface area contributed by atoms with Gasteiger partial charge in [0.05, 0.1) is 4.91 Å². The molecule has 1 saturated heterocycles. The first-order valence-electron chi connectivity index (χ1n) is 7.05. The second kappa shape index (κ2) is 7.29. The number of aromatic nitrogens is 1. The summed E-state index contributed by atoms with van der Waals surface area (Å²) >= 11 is 8.05. The molecule has 6 nitrogen and oxygen atoms in total. The van der Waals surface area contributed by atoms with E-state index < -0.39 is 0 Å². The summed E-state index contributed by atoms with van der Waals surface area (Å²) in [5.41, 5.74) is 0. The SMILES string of the molecule is Cc1cc(NC(=O)CCN2C(=O)C(=Cc3cccs3)SC2=S)no1. The predicted molar refractivity (Wildman–Crippen MR) is 98.7 cm³/mol. The molecule has 124 valence electrons. The molecule has 0 aliphatic carbocycles. The average Bonchev–Trinajstić information content (AvgIpc) is 3.23. The minimum atomic E-state index is -0.250. The minimum Gasteiger partial charge on any atom is -0.360 e. The van der Waals surface area contributed by atoms with Gasteiger partial charge in [0.1, 0.15) is 10.1 Å². The molecule has 0 unspecified atom stereocenters. The van der Waals surface area contributed by atoms with Crippen LogP contribution in [0.3, 0.4) is 0 Å². The van der Waals surface area contributed by atoms with E-state index in [1.165, 1.54) is 16.7 Å². The lowest BCUT2D eigenvalue weighted by Gasteiger charge is -2.13. The van der Waals surface area contributed by atoms with Crippen LogP contribution < -0.4 is 5.32 Å². The van der Waals surface area contributed by atoms with Gasteiger partial charge in [-0.15, -0.1) is 11.3 Å². The number of aryl methyl sites for hydroxylation is 1. The normalized spacial score (nSPS) is 16.2. The Balaban J connectivity index is 1.58. The monoisotopic (exact) mass is 379 g/mol. The molecule has 0 saturated carbocycles. The number of thiophene rings is 1. The Kier molecular flexibility index (Phi) is 5.12. The van der Waals surface area contributed by atoms with E-state index in [9.17, 15) is 9.59 Å². The molecule has 2 aromatic rings. The van der Waals surface area contributed by atoms with Gasteiger partial charge in [0, 0.05) is 23.9 Å². The molecule has 1 aliphatic rings. The Bertz CT molecular complexity index is 811. The molecule has 0 bridgehead atoms. The number of nitrogens with zero attached hydrogens (tertiary/aromatic N) is 2. The van der Waals surface area contributed by atoms with E-state index in [-0.39, 0.29) is 24.8 Å². The minimum absolute atomic E-state index is 0.130. The van der Waals surface area contributed by atoms with E-state index >= 15 is 0 Å². The van der Waals surface area contributed by atoms with Crippen molar-refractivity contribution in [3.05, 3.63) is 39.1 Å². The Labute approximate surface area is 151 Å².